The van der Waals surface area contributed by atoms with E-state index in [-0.39, 0.29) is 11.7 Å². The summed E-state index contributed by atoms with van der Waals surface area (Å²) >= 11 is 1.99. The molecule has 1 aromatic rings. The molecule has 6 heteroatoms. The fourth-order valence-corrected chi connectivity index (χ4v) is 5.83. The van der Waals surface area contributed by atoms with E-state index in [4.69, 9.17) is 9.47 Å². The summed E-state index contributed by atoms with van der Waals surface area (Å²) in [6, 6.07) is 9.94. The molecule has 2 atom stereocenters. The van der Waals surface area contributed by atoms with Crippen LogP contribution in [0.15, 0.2) is 30.3 Å². The van der Waals surface area contributed by atoms with Crippen LogP contribution in [-0.2, 0) is 25.7 Å². The average Bonchev–Trinajstić information content (AvgIpc) is 2.87. The average molecular weight is 408 g/mol. The second-order valence-corrected chi connectivity index (χ2v) is 9.92. The van der Waals surface area contributed by atoms with E-state index < -0.39 is 18.9 Å². The van der Waals surface area contributed by atoms with Crippen molar-refractivity contribution >= 4 is 32.4 Å². The standard InChI is InChI=1S/C14H17IO4S/c15-13-9-14(18-6-7-19-14)12(10-20(13,16)17)8-11-4-2-1-3-5-11/h1-5,12-13H,6-10H2/t12-,13-/m0/s1. The highest BCUT2D eigenvalue weighted by Crippen LogP contribution is 2.43. The molecule has 2 saturated heterocycles. The molecule has 0 unspecified atom stereocenters. The molecule has 0 bridgehead atoms. The SMILES string of the molecule is O=S1(=O)C[C@H](Cc2ccccc2)C2(C[C@H]1I)OCCO2. The third kappa shape index (κ3) is 2.75. The number of hydrogen-bond donors (Lipinski definition) is 0. The summed E-state index contributed by atoms with van der Waals surface area (Å²) in [5.41, 5.74) is 1.12. The van der Waals surface area contributed by atoms with Crippen LogP contribution in [0, 0.1) is 5.92 Å². The van der Waals surface area contributed by atoms with E-state index in [1.807, 2.05) is 52.9 Å². The van der Waals surface area contributed by atoms with Crippen molar-refractivity contribution in [2.24, 2.45) is 5.92 Å². The van der Waals surface area contributed by atoms with Gasteiger partial charge >= 0.3 is 0 Å². The van der Waals surface area contributed by atoms with Crippen LogP contribution in [0.2, 0.25) is 0 Å². The van der Waals surface area contributed by atoms with Crippen LogP contribution in [-0.4, -0.2) is 36.4 Å². The lowest BCUT2D eigenvalue weighted by Gasteiger charge is -2.41. The molecule has 2 aliphatic rings. The first kappa shape index (κ1) is 14.7. The van der Waals surface area contributed by atoms with E-state index in [1.165, 1.54) is 0 Å². The van der Waals surface area contributed by atoms with E-state index in [0.29, 0.717) is 26.1 Å². The molecule has 1 spiro atoms. The number of alkyl halides is 1. The van der Waals surface area contributed by atoms with Gasteiger partial charge < -0.3 is 9.47 Å². The highest BCUT2D eigenvalue weighted by atomic mass is 127. The van der Waals surface area contributed by atoms with Gasteiger partial charge in [0.15, 0.2) is 15.6 Å². The fourth-order valence-electron chi connectivity index (χ4n) is 2.97. The van der Waals surface area contributed by atoms with Gasteiger partial charge in [0, 0.05) is 12.3 Å². The molecule has 0 aromatic heterocycles. The minimum atomic E-state index is -3.07. The maximum Gasteiger partial charge on any atom is 0.174 e. The van der Waals surface area contributed by atoms with Crippen molar-refractivity contribution in [2.45, 2.75) is 21.9 Å². The third-order valence-electron chi connectivity index (χ3n) is 3.99. The number of benzene rings is 1. The van der Waals surface area contributed by atoms with Crippen molar-refractivity contribution in [3.8, 4) is 0 Å². The molecule has 1 aromatic carbocycles. The Kier molecular flexibility index (Phi) is 4.09. The summed E-state index contributed by atoms with van der Waals surface area (Å²) < 4.78 is 35.7. The first-order chi connectivity index (χ1) is 9.52. The Bertz CT molecular complexity index is 566. The molecule has 2 heterocycles. The molecule has 0 radical (unpaired) electrons. The monoisotopic (exact) mass is 408 g/mol. The topological polar surface area (TPSA) is 52.6 Å². The minimum Gasteiger partial charge on any atom is -0.347 e. The first-order valence-electron chi connectivity index (χ1n) is 6.69. The molecule has 0 saturated carbocycles. The number of sulfone groups is 1. The lowest BCUT2D eigenvalue weighted by atomic mass is 9.90. The molecular weight excluding hydrogens is 391 g/mol. The van der Waals surface area contributed by atoms with Gasteiger partial charge in [-0.2, -0.15) is 0 Å². The largest absolute Gasteiger partial charge is 0.347 e. The molecule has 2 aliphatic heterocycles. The Morgan fingerprint density at radius 3 is 2.50 bits per heavy atom. The Morgan fingerprint density at radius 1 is 1.20 bits per heavy atom. The smallest absolute Gasteiger partial charge is 0.174 e. The van der Waals surface area contributed by atoms with Crippen LogP contribution < -0.4 is 0 Å². The van der Waals surface area contributed by atoms with Crippen LogP contribution in [0.3, 0.4) is 0 Å². The van der Waals surface area contributed by atoms with Gasteiger partial charge in [-0.05, 0) is 12.0 Å². The van der Waals surface area contributed by atoms with E-state index >= 15 is 0 Å². The van der Waals surface area contributed by atoms with Gasteiger partial charge in [0.2, 0.25) is 0 Å². The minimum absolute atomic E-state index is 0.134. The van der Waals surface area contributed by atoms with Crippen molar-refractivity contribution < 1.29 is 17.9 Å². The van der Waals surface area contributed by atoms with Crippen molar-refractivity contribution in [1.29, 1.82) is 0 Å². The predicted molar refractivity (Wildman–Crippen MR) is 84.5 cm³/mol. The Morgan fingerprint density at radius 2 is 1.85 bits per heavy atom. The lowest BCUT2D eigenvalue weighted by Crippen LogP contribution is -2.51. The van der Waals surface area contributed by atoms with E-state index in [2.05, 4.69) is 0 Å². The van der Waals surface area contributed by atoms with Gasteiger partial charge in [-0.1, -0.05) is 52.9 Å². The Hall–Kier alpha value is -0.180. The third-order valence-corrected chi connectivity index (χ3v) is 8.57. The molecule has 110 valence electrons. The highest BCUT2D eigenvalue weighted by Gasteiger charge is 2.53. The lowest BCUT2D eigenvalue weighted by molar-refractivity contribution is -0.194. The normalized spacial score (nSPS) is 31.4. The molecule has 0 amide bonds. The summed E-state index contributed by atoms with van der Waals surface area (Å²) in [6.45, 7) is 1.10. The Labute approximate surface area is 132 Å². The van der Waals surface area contributed by atoms with Crippen LogP contribution in [0.25, 0.3) is 0 Å². The molecular formula is C14H17IO4S. The van der Waals surface area contributed by atoms with Crippen LogP contribution in [0.5, 0.6) is 0 Å². The quantitative estimate of drug-likeness (QED) is 0.556. The molecule has 0 N–H and O–H groups in total. The van der Waals surface area contributed by atoms with Crippen molar-refractivity contribution in [3.63, 3.8) is 0 Å². The van der Waals surface area contributed by atoms with Gasteiger partial charge in [-0.3, -0.25) is 0 Å². The molecule has 3 rings (SSSR count). The van der Waals surface area contributed by atoms with Crippen LogP contribution in [0.1, 0.15) is 12.0 Å². The zero-order valence-corrected chi connectivity index (χ0v) is 14.0. The maximum absolute atomic E-state index is 12.2. The second kappa shape index (κ2) is 5.55. The van der Waals surface area contributed by atoms with E-state index in [0.717, 1.165) is 5.56 Å². The number of hydrogen-bond acceptors (Lipinski definition) is 4. The van der Waals surface area contributed by atoms with Crippen molar-refractivity contribution in [3.05, 3.63) is 35.9 Å². The summed E-state index contributed by atoms with van der Waals surface area (Å²) in [6.07, 6.45) is 1.09. The fraction of sp³-hybridized carbons (Fsp3) is 0.571. The summed E-state index contributed by atoms with van der Waals surface area (Å²) in [5, 5.41) is 0. The summed E-state index contributed by atoms with van der Waals surface area (Å²) in [7, 11) is -3.07. The molecule has 20 heavy (non-hydrogen) atoms. The van der Waals surface area contributed by atoms with Crippen LogP contribution >= 0.6 is 22.6 Å². The van der Waals surface area contributed by atoms with Gasteiger partial charge in [0.1, 0.15) is 3.26 Å². The summed E-state index contributed by atoms with van der Waals surface area (Å²) in [4.78, 5) is 0. The van der Waals surface area contributed by atoms with Gasteiger partial charge in [0.25, 0.3) is 0 Å². The summed E-state index contributed by atoms with van der Waals surface area (Å²) in [5.74, 6) is -0.717. The van der Waals surface area contributed by atoms with Gasteiger partial charge in [-0.15, -0.1) is 0 Å². The number of ether oxygens (including phenoxy) is 2. The van der Waals surface area contributed by atoms with Gasteiger partial charge in [0.05, 0.1) is 19.0 Å². The molecule has 0 aliphatic carbocycles. The van der Waals surface area contributed by atoms with Crippen molar-refractivity contribution in [1.82, 2.24) is 0 Å². The van der Waals surface area contributed by atoms with E-state index in [9.17, 15) is 8.42 Å². The zero-order chi connectivity index (χ0) is 14.2. The molecule has 4 nitrogen and oxygen atoms in total. The second-order valence-electron chi connectivity index (χ2n) is 5.34. The van der Waals surface area contributed by atoms with E-state index in [1.54, 1.807) is 0 Å². The van der Waals surface area contributed by atoms with Gasteiger partial charge in [-0.25, -0.2) is 8.42 Å². The van der Waals surface area contributed by atoms with Crippen LogP contribution in [0.4, 0.5) is 0 Å². The maximum atomic E-state index is 12.2. The number of rotatable bonds is 2. The predicted octanol–water partition coefficient (Wildman–Crippen LogP) is 2.17. The number of halogens is 1. The Balaban J connectivity index is 1.88. The highest BCUT2D eigenvalue weighted by molar-refractivity contribution is 14.1. The first-order valence-corrected chi connectivity index (χ1v) is 9.65. The zero-order valence-electron chi connectivity index (χ0n) is 11.0. The van der Waals surface area contributed by atoms with Crippen molar-refractivity contribution in [2.75, 3.05) is 19.0 Å². The molecule has 2 fully saturated rings.